The predicted molar refractivity (Wildman–Crippen MR) is 93.3 cm³/mol. The Morgan fingerprint density at radius 1 is 1.23 bits per heavy atom. The van der Waals surface area contributed by atoms with Gasteiger partial charge in [-0.3, -0.25) is 0 Å². The molecule has 0 bridgehead atoms. The Hall–Kier alpha value is -1.22. The average molecular weight is 336 g/mol. The Labute approximate surface area is 141 Å². The molecule has 0 aromatic heterocycles. The van der Waals surface area contributed by atoms with Crippen molar-refractivity contribution >= 4 is 23.2 Å². The number of aryl methyl sites for hydroxylation is 1. The van der Waals surface area contributed by atoms with Crippen LogP contribution in [0.25, 0.3) is 11.1 Å². The largest absolute Gasteiger partial charge is 0.488 e. The van der Waals surface area contributed by atoms with E-state index in [9.17, 15) is 0 Å². The summed E-state index contributed by atoms with van der Waals surface area (Å²) in [6, 6.07) is 9.98. The molecule has 0 saturated heterocycles. The van der Waals surface area contributed by atoms with Gasteiger partial charge in [-0.25, -0.2) is 0 Å². The van der Waals surface area contributed by atoms with Crippen LogP contribution in [-0.2, 0) is 12.8 Å². The fourth-order valence-corrected chi connectivity index (χ4v) is 3.59. The van der Waals surface area contributed by atoms with Crippen molar-refractivity contribution < 1.29 is 4.74 Å². The normalized spacial score (nSPS) is 16.5. The number of nitrogens with one attached hydrogen (secondary N) is 1. The zero-order valence-corrected chi connectivity index (χ0v) is 14.3. The van der Waals surface area contributed by atoms with Crippen molar-refractivity contribution in [1.82, 2.24) is 5.32 Å². The first kappa shape index (κ1) is 15.7. The molecule has 1 heterocycles. The maximum Gasteiger partial charge on any atom is 0.131 e. The highest BCUT2D eigenvalue weighted by atomic mass is 35.5. The third-order valence-electron chi connectivity index (χ3n) is 4.03. The lowest BCUT2D eigenvalue weighted by Gasteiger charge is -2.15. The van der Waals surface area contributed by atoms with Crippen molar-refractivity contribution in [2.45, 2.75) is 25.9 Å². The van der Waals surface area contributed by atoms with Gasteiger partial charge in [-0.05, 0) is 42.8 Å². The topological polar surface area (TPSA) is 21.3 Å². The fraction of sp³-hybridized carbons (Fsp3) is 0.333. The molecule has 3 rings (SSSR count). The van der Waals surface area contributed by atoms with Gasteiger partial charge in [0, 0.05) is 24.1 Å². The van der Waals surface area contributed by atoms with E-state index in [0.717, 1.165) is 36.3 Å². The van der Waals surface area contributed by atoms with Gasteiger partial charge in [0.2, 0.25) is 0 Å². The van der Waals surface area contributed by atoms with Gasteiger partial charge in [0.1, 0.15) is 11.9 Å². The summed E-state index contributed by atoms with van der Waals surface area (Å²) in [5.74, 6) is 0.924. The molecule has 0 amide bonds. The van der Waals surface area contributed by atoms with E-state index in [-0.39, 0.29) is 6.10 Å². The number of benzene rings is 2. The Kier molecular flexibility index (Phi) is 4.62. The van der Waals surface area contributed by atoms with Gasteiger partial charge in [0.25, 0.3) is 0 Å². The van der Waals surface area contributed by atoms with Crippen LogP contribution in [0.2, 0.25) is 10.0 Å². The van der Waals surface area contributed by atoms with E-state index >= 15 is 0 Å². The standard InChI is InChI=1S/C18H19Cl2NO/c1-3-11-7-12-9-13(10-21-2)22-18(12)14(8-11)17-15(19)5-4-6-16(17)20/h4-8,13,21H,3,9-10H2,1-2H3. The lowest BCUT2D eigenvalue weighted by atomic mass is 9.96. The van der Waals surface area contributed by atoms with Crippen LogP contribution in [0.1, 0.15) is 18.1 Å². The fourth-order valence-electron chi connectivity index (χ4n) is 2.99. The highest BCUT2D eigenvalue weighted by Crippen LogP contribution is 2.45. The molecule has 4 heteroatoms. The molecule has 0 aliphatic carbocycles. The number of rotatable bonds is 4. The van der Waals surface area contributed by atoms with Crippen LogP contribution in [0.5, 0.6) is 5.75 Å². The lowest BCUT2D eigenvalue weighted by Crippen LogP contribution is -2.27. The molecule has 0 spiro atoms. The van der Waals surface area contributed by atoms with Gasteiger partial charge in [-0.1, -0.05) is 42.3 Å². The first-order valence-corrected chi connectivity index (χ1v) is 8.31. The van der Waals surface area contributed by atoms with Crippen LogP contribution in [0.15, 0.2) is 30.3 Å². The van der Waals surface area contributed by atoms with Crippen LogP contribution >= 0.6 is 23.2 Å². The van der Waals surface area contributed by atoms with Crippen molar-refractivity contribution in [3.8, 4) is 16.9 Å². The maximum atomic E-state index is 6.41. The minimum absolute atomic E-state index is 0.159. The second kappa shape index (κ2) is 6.49. The zero-order valence-electron chi connectivity index (χ0n) is 12.7. The minimum atomic E-state index is 0.159. The Morgan fingerprint density at radius 2 is 1.95 bits per heavy atom. The lowest BCUT2D eigenvalue weighted by molar-refractivity contribution is 0.232. The summed E-state index contributed by atoms with van der Waals surface area (Å²) in [6.07, 6.45) is 2.05. The summed E-state index contributed by atoms with van der Waals surface area (Å²) in [7, 11) is 1.94. The molecule has 22 heavy (non-hydrogen) atoms. The Balaban J connectivity index is 2.15. The molecule has 1 unspecified atom stereocenters. The highest BCUT2D eigenvalue weighted by Gasteiger charge is 2.27. The quantitative estimate of drug-likeness (QED) is 0.870. The first-order chi connectivity index (χ1) is 10.6. The van der Waals surface area contributed by atoms with Gasteiger partial charge in [0.05, 0.1) is 10.0 Å². The van der Waals surface area contributed by atoms with E-state index in [0.29, 0.717) is 10.0 Å². The molecule has 116 valence electrons. The van der Waals surface area contributed by atoms with Crippen LogP contribution in [0.4, 0.5) is 0 Å². The number of ether oxygens (including phenoxy) is 1. The zero-order chi connectivity index (χ0) is 15.7. The molecule has 2 nitrogen and oxygen atoms in total. The SMILES string of the molecule is CCc1cc2c(c(-c3c(Cl)cccc3Cl)c1)OC(CNC)C2. The molecular weight excluding hydrogens is 317 g/mol. The summed E-state index contributed by atoms with van der Waals surface area (Å²) in [5, 5.41) is 4.49. The number of fused-ring (bicyclic) bond motifs is 1. The van der Waals surface area contributed by atoms with Crippen LogP contribution in [-0.4, -0.2) is 19.7 Å². The smallest absolute Gasteiger partial charge is 0.131 e. The molecule has 0 saturated carbocycles. The summed E-state index contributed by atoms with van der Waals surface area (Å²) < 4.78 is 6.16. The highest BCUT2D eigenvalue weighted by molar-refractivity contribution is 6.39. The third-order valence-corrected chi connectivity index (χ3v) is 4.66. The summed E-state index contributed by atoms with van der Waals surface area (Å²) >= 11 is 12.8. The molecule has 2 aromatic rings. The van der Waals surface area contributed by atoms with Crippen molar-refractivity contribution in [2.24, 2.45) is 0 Å². The molecular formula is C18H19Cl2NO. The van der Waals surface area contributed by atoms with Crippen LogP contribution < -0.4 is 10.1 Å². The van der Waals surface area contributed by atoms with Crippen molar-refractivity contribution in [2.75, 3.05) is 13.6 Å². The number of halogens is 2. The number of hydrogen-bond acceptors (Lipinski definition) is 2. The number of likely N-dealkylation sites (N-methyl/N-ethyl adjacent to an activating group) is 1. The second-order valence-corrected chi connectivity index (χ2v) is 6.40. The van der Waals surface area contributed by atoms with Crippen LogP contribution in [0, 0.1) is 0 Å². The second-order valence-electron chi connectivity index (χ2n) is 5.58. The van der Waals surface area contributed by atoms with Gasteiger partial charge in [-0.2, -0.15) is 0 Å². The monoisotopic (exact) mass is 335 g/mol. The maximum absolute atomic E-state index is 6.41. The summed E-state index contributed by atoms with van der Waals surface area (Å²) in [4.78, 5) is 0. The molecule has 1 aliphatic rings. The van der Waals surface area contributed by atoms with Gasteiger partial charge >= 0.3 is 0 Å². The third kappa shape index (κ3) is 2.83. The summed E-state index contributed by atoms with van der Waals surface area (Å²) in [5.41, 5.74) is 4.38. The molecule has 1 N–H and O–H groups in total. The van der Waals surface area contributed by atoms with Crippen LogP contribution in [0.3, 0.4) is 0 Å². The minimum Gasteiger partial charge on any atom is -0.488 e. The number of hydrogen-bond donors (Lipinski definition) is 1. The molecule has 1 aliphatic heterocycles. The van der Waals surface area contributed by atoms with Crippen molar-refractivity contribution in [1.29, 1.82) is 0 Å². The summed E-state index contributed by atoms with van der Waals surface area (Å²) in [6.45, 7) is 2.98. The Morgan fingerprint density at radius 3 is 2.59 bits per heavy atom. The van der Waals surface area contributed by atoms with E-state index < -0.39 is 0 Å². The predicted octanol–water partition coefficient (Wildman–Crippen LogP) is 4.75. The van der Waals surface area contributed by atoms with Crippen molar-refractivity contribution in [3.05, 3.63) is 51.5 Å². The van der Waals surface area contributed by atoms with Crippen molar-refractivity contribution in [3.63, 3.8) is 0 Å². The van der Waals surface area contributed by atoms with E-state index in [2.05, 4.69) is 24.4 Å². The Bertz CT molecular complexity index is 679. The van der Waals surface area contributed by atoms with E-state index in [4.69, 9.17) is 27.9 Å². The molecule has 0 fully saturated rings. The van der Waals surface area contributed by atoms with E-state index in [1.165, 1.54) is 11.1 Å². The first-order valence-electron chi connectivity index (χ1n) is 7.55. The van der Waals surface area contributed by atoms with Gasteiger partial charge in [-0.15, -0.1) is 0 Å². The molecule has 0 radical (unpaired) electrons. The molecule has 1 atom stereocenters. The van der Waals surface area contributed by atoms with Gasteiger partial charge in [0.15, 0.2) is 0 Å². The van der Waals surface area contributed by atoms with E-state index in [1.54, 1.807) is 0 Å². The van der Waals surface area contributed by atoms with E-state index in [1.807, 2.05) is 25.2 Å². The average Bonchev–Trinajstić information content (AvgIpc) is 2.89. The molecule has 2 aromatic carbocycles. The van der Waals surface area contributed by atoms with Gasteiger partial charge < -0.3 is 10.1 Å².